The van der Waals surface area contributed by atoms with Crippen LogP contribution in [-0.2, 0) is 32.7 Å². The summed E-state index contributed by atoms with van der Waals surface area (Å²) in [4.78, 5) is 34.6. The largest absolute Gasteiger partial charge is 0.472 e. The van der Waals surface area contributed by atoms with Gasteiger partial charge in [0.1, 0.15) is 6.61 Å². The van der Waals surface area contributed by atoms with Crippen LogP contribution >= 0.6 is 7.82 Å². The maximum Gasteiger partial charge on any atom is 0.472 e. The molecule has 0 rings (SSSR count). The summed E-state index contributed by atoms with van der Waals surface area (Å²) >= 11 is 0. The lowest BCUT2D eigenvalue weighted by Crippen LogP contribution is -2.29. The van der Waals surface area contributed by atoms with Crippen molar-refractivity contribution in [1.82, 2.24) is 0 Å². The van der Waals surface area contributed by atoms with E-state index in [0.717, 1.165) is 103 Å². The summed E-state index contributed by atoms with van der Waals surface area (Å²) in [5, 5.41) is 0. The molecular formula is C45H76NO8P. The highest BCUT2D eigenvalue weighted by molar-refractivity contribution is 7.47. The molecule has 0 aromatic heterocycles. The predicted octanol–water partition coefficient (Wildman–Crippen LogP) is 12.0. The first-order valence-corrected chi connectivity index (χ1v) is 22.6. The number of hydrogen-bond donors (Lipinski definition) is 2. The van der Waals surface area contributed by atoms with E-state index in [4.69, 9.17) is 24.3 Å². The van der Waals surface area contributed by atoms with Gasteiger partial charge in [0.05, 0.1) is 13.2 Å². The number of allylic oxidation sites excluding steroid dienone is 14. The van der Waals surface area contributed by atoms with Crippen molar-refractivity contribution in [2.45, 2.75) is 161 Å². The zero-order chi connectivity index (χ0) is 40.3. The van der Waals surface area contributed by atoms with Crippen LogP contribution in [-0.4, -0.2) is 49.3 Å². The molecule has 3 N–H and O–H groups in total. The second-order valence-electron chi connectivity index (χ2n) is 13.5. The van der Waals surface area contributed by atoms with Gasteiger partial charge in [-0.3, -0.25) is 18.6 Å². The van der Waals surface area contributed by atoms with Crippen molar-refractivity contribution in [2.24, 2.45) is 5.73 Å². The van der Waals surface area contributed by atoms with Crippen molar-refractivity contribution < 1.29 is 37.6 Å². The molecule has 10 heteroatoms. The Kier molecular flexibility index (Phi) is 38.8. The summed E-state index contributed by atoms with van der Waals surface area (Å²) in [6.07, 6.45) is 50.7. The Morgan fingerprint density at radius 3 is 1.49 bits per heavy atom. The van der Waals surface area contributed by atoms with Crippen LogP contribution in [0.1, 0.15) is 155 Å². The molecule has 0 aromatic rings. The summed E-state index contributed by atoms with van der Waals surface area (Å²) in [7, 11) is -4.38. The minimum Gasteiger partial charge on any atom is -0.462 e. The van der Waals surface area contributed by atoms with Gasteiger partial charge in [-0.2, -0.15) is 0 Å². The molecule has 0 radical (unpaired) electrons. The number of esters is 2. The van der Waals surface area contributed by atoms with E-state index in [-0.39, 0.29) is 32.6 Å². The number of phosphoric ester groups is 1. The molecule has 9 nitrogen and oxygen atoms in total. The third-order valence-corrected chi connectivity index (χ3v) is 9.28. The van der Waals surface area contributed by atoms with Crippen molar-refractivity contribution in [3.8, 4) is 0 Å². The van der Waals surface area contributed by atoms with Crippen LogP contribution in [0.5, 0.6) is 0 Å². The monoisotopic (exact) mass is 790 g/mol. The Balaban J connectivity index is 4.11. The molecule has 0 saturated heterocycles. The van der Waals surface area contributed by atoms with Crippen molar-refractivity contribution in [3.63, 3.8) is 0 Å². The molecule has 2 atom stereocenters. The van der Waals surface area contributed by atoms with Crippen LogP contribution in [0.3, 0.4) is 0 Å². The van der Waals surface area contributed by atoms with Crippen molar-refractivity contribution in [1.29, 1.82) is 0 Å². The Bertz CT molecular complexity index is 1170. The smallest absolute Gasteiger partial charge is 0.462 e. The van der Waals surface area contributed by atoms with Gasteiger partial charge in [0.2, 0.25) is 0 Å². The Labute approximate surface area is 334 Å². The molecule has 0 heterocycles. The maximum absolute atomic E-state index is 12.5. The molecule has 0 amide bonds. The number of phosphoric acid groups is 1. The minimum absolute atomic E-state index is 0.0459. The van der Waals surface area contributed by atoms with Gasteiger partial charge < -0.3 is 20.1 Å². The standard InChI is InChI=1S/C45H76NO8P/c1-3-5-7-9-11-12-13-14-15-16-17-18-19-20-21-22-23-24-25-26-27-28-29-30-32-34-36-38-45(48)54-43(42-53-55(49,50)52-40-39-46)41-51-44(47)37-35-33-31-10-8-6-4-2/h5,7,11-12,14-15,17-18,20-21,23-24,26-27,43H,3-4,6,8-10,13,16,19,22,25,28-42,46H2,1-2H3,(H,49,50)/b7-5-,12-11-,15-14-,18-17-,21-20-,24-23-,27-26-. The van der Waals surface area contributed by atoms with Gasteiger partial charge >= 0.3 is 19.8 Å². The zero-order valence-electron chi connectivity index (χ0n) is 34.4. The third kappa shape index (κ3) is 40.7. The SMILES string of the molecule is CC/C=C\C/C=C\C/C=C\C/C=C\C/C=C\C/C=C\C/C=C\CCCCCCCC(=O)OC(COC(=O)CCCCCCCCC)COP(=O)(O)OCCN. The molecule has 314 valence electrons. The molecule has 2 unspecified atom stereocenters. The molecule has 0 saturated carbocycles. The van der Waals surface area contributed by atoms with E-state index in [0.29, 0.717) is 6.42 Å². The average Bonchev–Trinajstić information content (AvgIpc) is 3.17. The minimum atomic E-state index is -4.38. The fraction of sp³-hybridized carbons (Fsp3) is 0.644. The number of ether oxygens (including phenoxy) is 2. The fourth-order valence-corrected chi connectivity index (χ4v) is 5.97. The van der Waals surface area contributed by atoms with Crippen LogP contribution in [0.4, 0.5) is 0 Å². The molecule has 55 heavy (non-hydrogen) atoms. The molecule has 0 aliphatic carbocycles. The van der Waals surface area contributed by atoms with Gasteiger partial charge in [0, 0.05) is 19.4 Å². The van der Waals surface area contributed by atoms with E-state index in [9.17, 15) is 19.0 Å². The van der Waals surface area contributed by atoms with Gasteiger partial charge in [-0.05, 0) is 70.6 Å². The third-order valence-electron chi connectivity index (χ3n) is 8.30. The summed E-state index contributed by atoms with van der Waals surface area (Å²) < 4.78 is 32.6. The van der Waals surface area contributed by atoms with Gasteiger partial charge in [0.15, 0.2) is 6.10 Å². The summed E-state index contributed by atoms with van der Waals surface area (Å²) in [6, 6.07) is 0. The van der Waals surface area contributed by atoms with Crippen LogP contribution < -0.4 is 5.73 Å². The molecule has 0 spiro atoms. The van der Waals surface area contributed by atoms with Crippen LogP contribution in [0.25, 0.3) is 0 Å². The number of carbonyl (C=O) groups is 2. The fourth-order valence-electron chi connectivity index (χ4n) is 5.20. The average molecular weight is 790 g/mol. The van der Waals surface area contributed by atoms with E-state index in [1.165, 1.54) is 19.3 Å². The number of carbonyl (C=O) groups excluding carboxylic acids is 2. The van der Waals surface area contributed by atoms with E-state index in [1.54, 1.807) is 0 Å². The van der Waals surface area contributed by atoms with E-state index < -0.39 is 32.5 Å². The first kappa shape index (κ1) is 52.2. The lowest BCUT2D eigenvalue weighted by molar-refractivity contribution is -0.161. The Hall–Kier alpha value is -2.81. The second-order valence-corrected chi connectivity index (χ2v) is 14.9. The van der Waals surface area contributed by atoms with Crippen LogP contribution in [0.15, 0.2) is 85.1 Å². The molecule has 0 fully saturated rings. The van der Waals surface area contributed by atoms with E-state index in [1.807, 2.05) is 0 Å². The molecule has 0 bridgehead atoms. The first-order chi connectivity index (χ1) is 26.8. The summed E-state index contributed by atoms with van der Waals surface area (Å²) in [5.74, 6) is -0.866. The predicted molar refractivity (Wildman–Crippen MR) is 229 cm³/mol. The lowest BCUT2D eigenvalue weighted by Gasteiger charge is -2.19. The topological polar surface area (TPSA) is 134 Å². The molecule has 0 aliphatic rings. The lowest BCUT2D eigenvalue weighted by atomic mass is 10.1. The van der Waals surface area contributed by atoms with Crippen molar-refractivity contribution >= 4 is 19.8 Å². The van der Waals surface area contributed by atoms with Crippen molar-refractivity contribution in [2.75, 3.05) is 26.4 Å². The first-order valence-electron chi connectivity index (χ1n) is 21.1. The highest BCUT2D eigenvalue weighted by Gasteiger charge is 2.25. The van der Waals surface area contributed by atoms with Crippen molar-refractivity contribution in [3.05, 3.63) is 85.1 Å². The maximum atomic E-state index is 12.5. The quantitative estimate of drug-likeness (QED) is 0.0271. The number of nitrogens with two attached hydrogens (primary N) is 1. The number of unbranched alkanes of at least 4 members (excludes halogenated alkanes) is 11. The van der Waals surface area contributed by atoms with Gasteiger partial charge in [0.25, 0.3) is 0 Å². The normalized spacial score (nSPS) is 14.2. The van der Waals surface area contributed by atoms with Gasteiger partial charge in [-0.15, -0.1) is 0 Å². The van der Waals surface area contributed by atoms with E-state index >= 15 is 0 Å². The Morgan fingerprint density at radius 2 is 1.00 bits per heavy atom. The zero-order valence-corrected chi connectivity index (χ0v) is 35.3. The van der Waals surface area contributed by atoms with Crippen LogP contribution in [0.2, 0.25) is 0 Å². The number of rotatable bonds is 38. The Morgan fingerprint density at radius 1 is 0.564 bits per heavy atom. The molecular weight excluding hydrogens is 713 g/mol. The highest BCUT2D eigenvalue weighted by Crippen LogP contribution is 2.43. The van der Waals surface area contributed by atoms with Gasteiger partial charge in [-0.25, -0.2) is 4.57 Å². The van der Waals surface area contributed by atoms with E-state index in [2.05, 4.69) is 98.9 Å². The molecule has 0 aromatic carbocycles. The highest BCUT2D eigenvalue weighted by atomic mass is 31.2. The van der Waals surface area contributed by atoms with Gasteiger partial charge in [-0.1, -0.05) is 157 Å². The second kappa shape index (κ2) is 40.8. The molecule has 0 aliphatic heterocycles. The number of hydrogen-bond acceptors (Lipinski definition) is 8. The summed E-state index contributed by atoms with van der Waals surface area (Å²) in [5.41, 5.74) is 5.33. The van der Waals surface area contributed by atoms with Crippen LogP contribution in [0, 0.1) is 0 Å². The summed E-state index contributed by atoms with van der Waals surface area (Å²) in [6.45, 7) is 3.51.